The predicted octanol–water partition coefficient (Wildman–Crippen LogP) is 1.48. The average molecular weight is 312 g/mol. The summed E-state index contributed by atoms with van der Waals surface area (Å²) >= 11 is 3.15. The van der Waals surface area contributed by atoms with Gasteiger partial charge in [-0.1, -0.05) is 5.11 Å². The zero-order chi connectivity index (χ0) is 13.1. The summed E-state index contributed by atoms with van der Waals surface area (Å²) in [5.74, 6) is 0.462. The quantitative estimate of drug-likeness (QED) is 0.516. The molecule has 0 aliphatic carbocycles. The first-order valence-electron chi connectivity index (χ1n) is 5.21. The normalized spacial score (nSPS) is 18.8. The molecule has 1 unspecified atom stereocenters. The molecule has 0 radical (unpaired) electrons. The van der Waals surface area contributed by atoms with Gasteiger partial charge >= 0.3 is 0 Å². The van der Waals surface area contributed by atoms with Gasteiger partial charge in [-0.25, -0.2) is 9.97 Å². The monoisotopic (exact) mass is 311 g/mol. The number of rotatable bonds is 3. The molecule has 1 fully saturated rings. The molecule has 2 rings (SSSR count). The Morgan fingerprint density at radius 2 is 2.50 bits per heavy atom. The van der Waals surface area contributed by atoms with E-state index >= 15 is 0 Å². The molecule has 0 bridgehead atoms. The van der Waals surface area contributed by atoms with Gasteiger partial charge in [-0.15, -0.1) is 0 Å². The van der Waals surface area contributed by atoms with Gasteiger partial charge in [-0.3, -0.25) is 9.69 Å². The highest BCUT2D eigenvalue weighted by atomic mass is 79.9. The van der Waals surface area contributed by atoms with Crippen molar-refractivity contribution in [3.05, 3.63) is 21.2 Å². The molecule has 8 nitrogen and oxygen atoms in total. The van der Waals surface area contributed by atoms with Crippen LogP contribution >= 0.6 is 15.9 Å². The summed E-state index contributed by atoms with van der Waals surface area (Å²) in [6.45, 7) is 0.737. The largest absolute Gasteiger partial charge is 0.381 e. The van der Waals surface area contributed by atoms with Gasteiger partial charge < -0.3 is 5.73 Å². The summed E-state index contributed by atoms with van der Waals surface area (Å²) < 4.78 is 0.515. The Bertz CT molecular complexity index is 528. The van der Waals surface area contributed by atoms with E-state index in [-0.39, 0.29) is 17.6 Å². The van der Waals surface area contributed by atoms with E-state index in [2.05, 4.69) is 35.9 Å². The topological polar surface area (TPSA) is 121 Å². The first-order chi connectivity index (χ1) is 8.61. The van der Waals surface area contributed by atoms with Crippen molar-refractivity contribution in [2.45, 2.75) is 6.42 Å². The molecule has 1 aromatic heterocycles. The van der Waals surface area contributed by atoms with Crippen molar-refractivity contribution in [1.29, 1.82) is 0 Å². The van der Waals surface area contributed by atoms with Crippen LogP contribution in [0.25, 0.3) is 10.4 Å². The van der Waals surface area contributed by atoms with E-state index in [1.807, 2.05) is 0 Å². The van der Waals surface area contributed by atoms with Crippen molar-refractivity contribution in [2.75, 3.05) is 23.7 Å². The Hall–Kier alpha value is -1.86. The zero-order valence-electron chi connectivity index (χ0n) is 9.32. The lowest BCUT2D eigenvalue weighted by molar-refractivity contribution is -0.117. The fraction of sp³-hybridized carbons (Fsp3) is 0.444. The van der Waals surface area contributed by atoms with Crippen LogP contribution < -0.4 is 10.6 Å². The van der Waals surface area contributed by atoms with Crippen LogP contribution in [0, 0.1) is 5.92 Å². The van der Waals surface area contributed by atoms with E-state index in [1.54, 1.807) is 0 Å². The number of carbonyl (C=O) groups is 1. The van der Waals surface area contributed by atoms with E-state index < -0.39 is 0 Å². The first-order valence-corrected chi connectivity index (χ1v) is 6.00. The number of anilines is 2. The molecule has 1 aliphatic heterocycles. The average Bonchev–Trinajstić information content (AvgIpc) is 2.68. The molecule has 1 amide bonds. The molecule has 2 N–H and O–H groups in total. The van der Waals surface area contributed by atoms with Gasteiger partial charge in [-0.2, -0.15) is 0 Å². The van der Waals surface area contributed by atoms with Gasteiger partial charge in [0.05, 0.1) is 6.20 Å². The summed E-state index contributed by atoms with van der Waals surface area (Å²) in [7, 11) is 0. The standard InChI is InChI=1S/C9H10BrN7O/c10-6-3-13-9(8(11)15-6)17-4-5(1-7(17)18)2-14-16-12/h3,5H,1-2,4H2,(H2,11,15). The van der Waals surface area contributed by atoms with Crippen LogP contribution in [-0.4, -0.2) is 29.0 Å². The molecule has 0 aromatic carbocycles. The maximum atomic E-state index is 11.8. The molecule has 2 heterocycles. The summed E-state index contributed by atoms with van der Waals surface area (Å²) in [6, 6.07) is 0. The number of hydrogen-bond acceptors (Lipinski definition) is 5. The van der Waals surface area contributed by atoms with E-state index in [4.69, 9.17) is 11.3 Å². The third-order valence-corrected chi connectivity index (χ3v) is 3.00. The fourth-order valence-electron chi connectivity index (χ4n) is 1.84. The Morgan fingerprint density at radius 3 is 3.17 bits per heavy atom. The van der Waals surface area contributed by atoms with Crippen LogP contribution in [0.1, 0.15) is 6.42 Å². The number of nitrogens with zero attached hydrogens (tertiary/aromatic N) is 6. The van der Waals surface area contributed by atoms with Crippen LogP contribution in [0.15, 0.2) is 15.9 Å². The van der Waals surface area contributed by atoms with Crippen LogP contribution in [0.2, 0.25) is 0 Å². The lowest BCUT2D eigenvalue weighted by Gasteiger charge is -2.16. The highest BCUT2D eigenvalue weighted by Crippen LogP contribution is 2.27. The minimum atomic E-state index is -0.0866. The third-order valence-electron chi connectivity index (χ3n) is 2.61. The molecular formula is C9H10BrN7O. The third kappa shape index (κ3) is 2.52. The smallest absolute Gasteiger partial charge is 0.228 e. The lowest BCUT2D eigenvalue weighted by atomic mass is 10.1. The van der Waals surface area contributed by atoms with Gasteiger partial charge in [0.15, 0.2) is 11.6 Å². The van der Waals surface area contributed by atoms with Crippen LogP contribution in [0.5, 0.6) is 0 Å². The summed E-state index contributed by atoms with van der Waals surface area (Å²) in [6.07, 6.45) is 1.82. The minimum Gasteiger partial charge on any atom is -0.381 e. The molecule has 0 saturated carbocycles. The molecule has 1 aliphatic rings. The number of hydrogen-bond donors (Lipinski definition) is 1. The summed E-state index contributed by atoms with van der Waals surface area (Å²) in [4.78, 5) is 24.1. The number of aromatic nitrogens is 2. The Labute approximate surface area is 111 Å². The van der Waals surface area contributed by atoms with Crippen LogP contribution in [0.3, 0.4) is 0 Å². The summed E-state index contributed by atoms with van der Waals surface area (Å²) in [5, 5.41) is 3.48. The van der Waals surface area contributed by atoms with E-state index in [9.17, 15) is 4.79 Å². The second-order valence-corrected chi connectivity index (χ2v) is 4.70. The van der Waals surface area contributed by atoms with E-state index in [1.165, 1.54) is 11.1 Å². The van der Waals surface area contributed by atoms with Gasteiger partial charge in [0.25, 0.3) is 0 Å². The Kier molecular flexibility index (Phi) is 3.63. The molecule has 1 aromatic rings. The zero-order valence-corrected chi connectivity index (χ0v) is 10.9. The first kappa shape index (κ1) is 12.6. The van der Waals surface area contributed by atoms with Crippen LogP contribution in [0.4, 0.5) is 11.6 Å². The van der Waals surface area contributed by atoms with Gasteiger partial charge in [0.1, 0.15) is 4.60 Å². The highest BCUT2D eigenvalue weighted by Gasteiger charge is 2.32. The van der Waals surface area contributed by atoms with Crippen LogP contribution in [-0.2, 0) is 4.79 Å². The van der Waals surface area contributed by atoms with Gasteiger partial charge in [0, 0.05) is 24.4 Å². The van der Waals surface area contributed by atoms with Gasteiger partial charge in [-0.05, 0) is 27.4 Å². The molecular weight excluding hydrogens is 302 g/mol. The SMILES string of the molecule is [N-]=[N+]=NCC1CC(=O)N(c2ncc(Br)nc2N)C1. The van der Waals surface area contributed by atoms with Crippen molar-refractivity contribution in [3.63, 3.8) is 0 Å². The van der Waals surface area contributed by atoms with E-state index in [0.29, 0.717) is 29.9 Å². The fourth-order valence-corrected chi connectivity index (χ4v) is 2.14. The van der Waals surface area contributed by atoms with Crippen molar-refractivity contribution < 1.29 is 4.79 Å². The molecule has 1 saturated heterocycles. The lowest BCUT2D eigenvalue weighted by Crippen LogP contribution is -2.27. The summed E-state index contributed by atoms with van der Waals surface area (Å²) in [5.41, 5.74) is 14.0. The molecule has 9 heteroatoms. The van der Waals surface area contributed by atoms with Gasteiger partial charge in [0.2, 0.25) is 5.91 Å². The number of halogens is 1. The number of amides is 1. The van der Waals surface area contributed by atoms with Crippen molar-refractivity contribution in [3.8, 4) is 0 Å². The maximum absolute atomic E-state index is 11.8. The number of nitrogen functional groups attached to an aromatic ring is 1. The minimum absolute atomic E-state index is 0.00162. The number of nitrogens with two attached hydrogens (primary N) is 1. The predicted molar refractivity (Wildman–Crippen MR) is 68.6 cm³/mol. The number of carbonyl (C=O) groups excluding carboxylic acids is 1. The highest BCUT2D eigenvalue weighted by molar-refractivity contribution is 9.10. The molecule has 0 spiro atoms. The molecule has 18 heavy (non-hydrogen) atoms. The Balaban J connectivity index is 2.18. The molecule has 1 atom stereocenters. The second-order valence-electron chi connectivity index (χ2n) is 3.89. The number of azide groups is 1. The Morgan fingerprint density at radius 1 is 1.72 bits per heavy atom. The van der Waals surface area contributed by atoms with Crippen molar-refractivity contribution >= 4 is 33.5 Å². The maximum Gasteiger partial charge on any atom is 0.228 e. The molecule has 94 valence electrons. The van der Waals surface area contributed by atoms with Crippen molar-refractivity contribution in [1.82, 2.24) is 9.97 Å². The second kappa shape index (κ2) is 5.19. The van der Waals surface area contributed by atoms with Crippen molar-refractivity contribution in [2.24, 2.45) is 11.0 Å². The van der Waals surface area contributed by atoms with E-state index in [0.717, 1.165) is 0 Å².